The van der Waals surface area contributed by atoms with Crippen molar-refractivity contribution in [3.05, 3.63) is 11.9 Å². The molecule has 0 aliphatic carbocycles. The second-order valence-electron chi connectivity index (χ2n) is 4.30. The van der Waals surface area contributed by atoms with Crippen molar-refractivity contribution in [1.82, 2.24) is 14.7 Å². The predicted octanol–water partition coefficient (Wildman–Crippen LogP) is 0.253. The minimum atomic E-state index is -0.0444. The largest absolute Gasteiger partial charge is 0.396 e. The molecule has 0 aromatic carbocycles. The molecule has 0 saturated carbocycles. The van der Waals surface area contributed by atoms with Crippen LogP contribution in [0.3, 0.4) is 0 Å². The van der Waals surface area contributed by atoms with Crippen molar-refractivity contribution in [2.24, 2.45) is 7.05 Å². The van der Waals surface area contributed by atoms with E-state index in [-0.39, 0.29) is 12.0 Å². The quantitative estimate of drug-likeness (QED) is 0.801. The van der Waals surface area contributed by atoms with E-state index < -0.39 is 0 Å². The van der Waals surface area contributed by atoms with Gasteiger partial charge in [-0.25, -0.2) is 0 Å². The number of carbonyl (C=O) groups is 1. The molecule has 1 fully saturated rings. The van der Waals surface area contributed by atoms with Gasteiger partial charge in [0, 0.05) is 27.2 Å². The van der Waals surface area contributed by atoms with Gasteiger partial charge in [0.25, 0.3) is 5.91 Å². The fourth-order valence-electron chi connectivity index (χ4n) is 2.16. The summed E-state index contributed by atoms with van der Waals surface area (Å²) in [6.07, 6.45) is 3.53. The Morgan fingerprint density at radius 2 is 2.18 bits per heavy atom. The summed E-state index contributed by atoms with van der Waals surface area (Å²) < 4.78 is 6.80. The molecule has 1 aliphatic heterocycles. The summed E-state index contributed by atoms with van der Waals surface area (Å²) in [6, 6.07) is 0. The van der Waals surface area contributed by atoms with Crippen molar-refractivity contribution in [1.29, 1.82) is 0 Å². The second-order valence-corrected chi connectivity index (χ2v) is 4.30. The average Bonchev–Trinajstić information content (AvgIpc) is 2.68. The number of piperidine rings is 1. The maximum atomic E-state index is 12.2. The first-order valence-electron chi connectivity index (χ1n) is 5.73. The highest BCUT2D eigenvalue weighted by Crippen LogP contribution is 2.18. The molecule has 1 saturated heterocycles. The maximum Gasteiger partial charge on any atom is 0.274 e. The molecule has 2 N–H and O–H groups in total. The predicted molar refractivity (Wildman–Crippen MR) is 63.6 cm³/mol. The number of hydrogen-bond acceptors (Lipinski definition) is 4. The summed E-state index contributed by atoms with van der Waals surface area (Å²) in [4.78, 5) is 14.1. The second kappa shape index (κ2) is 4.75. The topological polar surface area (TPSA) is 73.4 Å². The van der Waals surface area contributed by atoms with E-state index in [1.54, 1.807) is 14.2 Å². The Labute approximate surface area is 100 Å². The van der Waals surface area contributed by atoms with Crippen LogP contribution in [-0.2, 0) is 11.8 Å². The minimum Gasteiger partial charge on any atom is -0.396 e. The number of anilines is 1. The lowest BCUT2D eigenvalue weighted by atomic mass is 10.1. The Morgan fingerprint density at radius 3 is 2.65 bits per heavy atom. The number of aromatic nitrogens is 2. The molecule has 2 rings (SSSR count). The number of ether oxygens (including phenoxy) is 1. The third-order valence-electron chi connectivity index (χ3n) is 3.23. The summed E-state index contributed by atoms with van der Waals surface area (Å²) in [7, 11) is 3.44. The van der Waals surface area contributed by atoms with E-state index in [1.165, 1.54) is 10.9 Å². The molecule has 1 amide bonds. The van der Waals surface area contributed by atoms with Crippen molar-refractivity contribution in [3.63, 3.8) is 0 Å². The Hall–Kier alpha value is -1.56. The number of hydrogen-bond donors (Lipinski definition) is 1. The van der Waals surface area contributed by atoms with Gasteiger partial charge in [-0.1, -0.05) is 0 Å². The zero-order chi connectivity index (χ0) is 12.4. The number of methoxy groups -OCH3 is 1. The van der Waals surface area contributed by atoms with Crippen LogP contribution >= 0.6 is 0 Å². The zero-order valence-corrected chi connectivity index (χ0v) is 10.2. The number of likely N-dealkylation sites (tertiary alicyclic amines) is 1. The first-order valence-corrected chi connectivity index (χ1v) is 5.73. The summed E-state index contributed by atoms with van der Waals surface area (Å²) in [5, 5.41) is 3.98. The number of carbonyl (C=O) groups excluding carboxylic acids is 1. The van der Waals surface area contributed by atoms with Gasteiger partial charge in [-0.3, -0.25) is 9.48 Å². The number of aryl methyl sites for hydroxylation is 1. The molecular formula is C11H18N4O2. The van der Waals surface area contributed by atoms with Gasteiger partial charge >= 0.3 is 0 Å². The molecule has 17 heavy (non-hydrogen) atoms. The Balaban J connectivity index is 2.07. The average molecular weight is 238 g/mol. The van der Waals surface area contributed by atoms with Crippen LogP contribution in [0.15, 0.2) is 6.20 Å². The third kappa shape index (κ3) is 2.26. The molecule has 0 atom stereocenters. The fraction of sp³-hybridized carbons (Fsp3) is 0.636. The number of amides is 1. The molecule has 6 nitrogen and oxygen atoms in total. The zero-order valence-electron chi connectivity index (χ0n) is 10.2. The van der Waals surface area contributed by atoms with Gasteiger partial charge < -0.3 is 15.4 Å². The van der Waals surface area contributed by atoms with E-state index in [0.29, 0.717) is 24.5 Å². The monoisotopic (exact) mass is 238 g/mol. The van der Waals surface area contributed by atoms with Crippen molar-refractivity contribution < 1.29 is 9.53 Å². The highest BCUT2D eigenvalue weighted by Gasteiger charge is 2.26. The van der Waals surface area contributed by atoms with E-state index in [1.807, 2.05) is 4.90 Å². The third-order valence-corrected chi connectivity index (χ3v) is 3.23. The van der Waals surface area contributed by atoms with E-state index in [0.717, 1.165) is 12.8 Å². The van der Waals surface area contributed by atoms with Crippen LogP contribution in [0, 0.1) is 0 Å². The molecule has 0 bridgehead atoms. The molecule has 0 unspecified atom stereocenters. The summed E-state index contributed by atoms with van der Waals surface area (Å²) in [6.45, 7) is 1.42. The van der Waals surface area contributed by atoms with Crippen LogP contribution in [0.5, 0.6) is 0 Å². The molecule has 6 heteroatoms. The molecule has 1 aromatic heterocycles. The summed E-state index contributed by atoms with van der Waals surface area (Å²) in [5.74, 6) is -0.0444. The van der Waals surface area contributed by atoms with Crippen LogP contribution in [0.2, 0.25) is 0 Å². The lowest BCUT2D eigenvalue weighted by Gasteiger charge is -2.31. The Kier molecular flexibility index (Phi) is 3.33. The van der Waals surface area contributed by atoms with Gasteiger partial charge in [-0.15, -0.1) is 0 Å². The summed E-state index contributed by atoms with van der Waals surface area (Å²) >= 11 is 0. The van der Waals surface area contributed by atoms with Crippen LogP contribution in [0.4, 0.5) is 5.69 Å². The molecular weight excluding hydrogens is 220 g/mol. The van der Waals surface area contributed by atoms with Gasteiger partial charge in [-0.05, 0) is 12.8 Å². The van der Waals surface area contributed by atoms with Crippen molar-refractivity contribution in [2.75, 3.05) is 25.9 Å². The van der Waals surface area contributed by atoms with Gasteiger partial charge in [0.15, 0.2) is 0 Å². The van der Waals surface area contributed by atoms with Crippen molar-refractivity contribution >= 4 is 11.6 Å². The molecule has 94 valence electrons. The summed E-state index contributed by atoms with van der Waals surface area (Å²) in [5.41, 5.74) is 6.66. The number of nitrogens with two attached hydrogens (primary N) is 1. The fourth-order valence-corrected chi connectivity index (χ4v) is 2.16. The minimum absolute atomic E-state index is 0.0444. The van der Waals surface area contributed by atoms with Gasteiger partial charge in [0.2, 0.25) is 0 Å². The van der Waals surface area contributed by atoms with Crippen LogP contribution in [0.25, 0.3) is 0 Å². The Morgan fingerprint density at radius 1 is 1.53 bits per heavy atom. The van der Waals surface area contributed by atoms with Crippen molar-refractivity contribution in [2.45, 2.75) is 18.9 Å². The number of rotatable bonds is 2. The van der Waals surface area contributed by atoms with Crippen LogP contribution in [0.1, 0.15) is 23.3 Å². The molecule has 0 spiro atoms. The first kappa shape index (κ1) is 11.9. The SMILES string of the molecule is COC1CCN(C(=O)c2c(N)cnn2C)CC1. The van der Waals surface area contributed by atoms with E-state index >= 15 is 0 Å². The smallest absolute Gasteiger partial charge is 0.274 e. The lowest BCUT2D eigenvalue weighted by Crippen LogP contribution is -2.41. The molecule has 1 aromatic rings. The van der Waals surface area contributed by atoms with E-state index in [2.05, 4.69) is 5.10 Å². The Bertz CT molecular complexity index is 388. The van der Waals surface area contributed by atoms with Crippen LogP contribution < -0.4 is 5.73 Å². The van der Waals surface area contributed by atoms with Crippen molar-refractivity contribution in [3.8, 4) is 0 Å². The maximum absolute atomic E-state index is 12.2. The van der Waals surface area contributed by atoms with Crippen LogP contribution in [-0.4, -0.2) is 46.9 Å². The van der Waals surface area contributed by atoms with Gasteiger partial charge in [-0.2, -0.15) is 5.10 Å². The lowest BCUT2D eigenvalue weighted by molar-refractivity contribution is 0.0346. The highest BCUT2D eigenvalue weighted by molar-refractivity contribution is 5.97. The normalized spacial score (nSPS) is 17.4. The van der Waals surface area contributed by atoms with E-state index in [9.17, 15) is 4.79 Å². The van der Waals surface area contributed by atoms with Gasteiger partial charge in [0.1, 0.15) is 5.69 Å². The number of nitrogen functional groups attached to an aromatic ring is 1. The first-order chi connectivity index (χ1) is 8.13. The van der Waals surface area contributed by atoms with Gasteiger partial charge in [0.05, 0.1) is 18.0 Å². The highest BCUT2D eigenvalue weighted by atomic mass is 16.5. The van der Waals surface area contributed by atoms with E-state index in [4.69, 9.17) is 10.5 Å². The molecule has 1 aliphatic rings. The standard InChI is InChI=1S/C11H18N4O2/c1-14-10(9(12)7-13-14)11(16)15-5-3-8(17-2)4-6-15/h7-8H,3-6,12H2,1-2H3. The molecule has 2 heterocycles. The molecule has 0 radical (unpaired) electrons. The number of nitrogens with zero attached hydrogens (tertiary/aromatic N) is 3.